The van der Waals surface area contributed by atoms with Crippen LogP contribution in [0.2, 0.25) is 0 Å². The summed E-state index contributed by atoms with van der Waals surface area (Å²) >= 11 is 0. The van der Waals surface area contributed by atoms with Crippen molar-refractivity contribution in [2.75, 3.05) is 13.2 Å². The molecule has 0 aliphatic heterocycles. The molecule has 0 saturated carbocycles. The van der Waals surface area contributed by atoms with Crippen molar-refractivity contribution in [1.29, 1.82) is 0 Å². The standard InChI is InChI=1S/C25H29N3O4/c1-5-31-23(30)18(15-17-11-7-6-8-12-17)16-26-21(29)19-13-9-10-14-20(19)22-27-24(28-32-22)25(2,3)4/h6-14,18H,5,15-16H2,1-4H3,(H,26,29). The second-order valence-corrected chi connectivity index (χ2v) is 8.57. The number of aromatic nitrogens is 2. The van der Waals surface area contributed by atoms with Crippen LogP contribution in [0.3, 0.4) is 0 Å². The number of nitrogens with one attached hydrogen (secondary N) is 1. The third kappa shape index (κ3) is 5.81. The number of ether oxygens (including phenoxy) is 1. The molecular formula is C25H29N3O4. The van der Waals surface area contributed by atoms with Gasteiger partial charge in [0, 0.05) is 12.0 Å². The molecule has 0 radical (unpaired) electrons. The molecule has 1 unspecified atom stereocenters. The number of carbonyl (C=O) groups excluding carboxylic acids is 2. The second-order valence-electron chi connectivity index (χ2n) is 8.57. The third-order valence-electron chi connectivity index (χ3n) is 4.95. The highest BCUT2D eigenvalue weighted by atomic mass is 16.5. The van der Waals surface area contributed by atoms with Crippen LogP contribution >= 0.6 is 0 Å². The molecule has 3 rings (SSSR count). The normalized spacial score (nSPS) is 12.2. The van der Waals surface area contributed by atoms with Gasteiger partial charge in [-0.25, -0.2) is 0 Å². The highest BCUT2D eigenvalue weighted by Crippen LogP contribution is 2.26. The van der Waals surface area contributed by atoms with Crippen molar-refractivity contribution in [2.24, 2.45) is 5.92 Å². The van der Waals surface area contributed by atoms with E-state index in [2.05, 4.69) is 15.5 Å². The van der Waals surface area contributed by atoms with Crippen LogP contribution in [0.15, 0.2) is 59.1 Å². The first-order valence-electron chi connectivity index (χ1n) is 10.7. The van der Waals surface area contributed by atoms with Gasteiger partial charge in [-0.3, -0.25) is 9.59 Å². The zero-order valence-corrected chi connectivity index (χ0v) is 18.9. The first-order chi connectivity index (χ1) is 15.3. The Labute approximate surface area is 188 Å². The molecule has 7 nitrogen and oxygen atoms in total. The summed E-state index contributed by atoms with van der Waals surface area (Å²) in [5, 5.41) is 6.93. The van der Waals surface area contributed by atoms with Gasteiger partial charge in [0.1, 0.15) is 0 Å². The fourth-order valence-corrected chi connectivity index (χ4v) is 3.21. The lowest BCUT2D eigenvalue weighted by atomic mass is 9.96. The summed E-state index contributed by atoms with van der Waals surface area (Å²) in [6, 6.07) is 16.7. The topological polar surface area (TPSA) is 94.3 Å². The SMILES string of the molecule is CCOC(=O)C(CNC(=O)c1ccccc1-c1nc(C(C)(C)C)no1)Cc1ccccc1. The van der Waals surface area contributed by atoms with Gasteiger partial charge < -0.3 is 14.6 Å². The first-order valence-corrected chi connectivity index (χ1v) is 10.7. The molecule has 0 aliphatic carbocycles. The zero-order chi connectivity index (χ0) is 23.1. The van der Waals surface area contributed by atoms with Crippen molar-refractivity contribution in [2.45, 2.75) is 39.5 Å². The Morgan fingerprint density at radius 3 is 2.41 bits per heavy atom. The Hall–Kier alpha value is -3.48. The molecule has 0 aliphatic rings. The molecule has 0 bridgehead atoms. The highest BCUT2D eigenvalue weighted by Gasteiger charge is 2.25. The maximum atomic E-state index is 13.0. The number of hydrogen-bond donors (Lipinski definition) is 1. The van der Waals surface area contributed by atoms with Crippen molar-refractivity contribution < 1.29 is 18.8 Å². The number of benzene rings is 2. The summed E-state index contributed by atoms with van der Waals surface area (Å²) in [5.74, 6) is -0.306. The van der Waals surface area contributed by atoms with E-state index in [1.165, 1.54) is 0 Å². The quantitative estimate of drug-likeness (QED) is 0.533. The predicted octanol–water partition coefficient (Wildman–Crippen LogP) is 4.19. The molecule has 1 atom stereocenters. The van der Waals surface area contributed by atoms with Crippen molar-refractivity contribution in [3.05, 3.63) is 71.5 Å². The van der Waals surface area contributed by atoms with Crippen LogP contribution in [0.1, 0.15) is 49.4 Å². The number of esters is 1. The van der Waals surface area contributed by atoms with Crippen LogP contribution < -0.4 is 5.32 Å². The lowest BCUT2D eigenvalue weighted by Crippen LogP contribution is -2.35. The Morgan fingerprint density at radius 1 is 1.06 bits per heavy atom. The first kappa shape index (κ1) is 23.2. The van der Waals surface area contributed by atoms with Gasteiger partial charge in [-0.05, 0) is 31.0 Å². The minimum atomic E-state index is -0.496. The molecule has 1 amide bonds. The van der Waals surface area contributed by atoms with Crippen LogP contribution in [0, 0.1) is 5.92 Å². The zero-order valence-electron chi connectivity index (χ0n) is 18.9. The fraction of sp³-hybridized carbons (Fsp3) is 0.360. The third-order valence-corrected chi connectivity index (χ3v) is 4.95. The van der Waals surface area contributed by atoms with E-state index in [1.54, 1.807) is 25.1 Å². The van der Waals surface area contributed by atoms with Gasteiger partial charge in [0.05, 0.1) is 23.7 Å². The predicted molar refractivity (Wildman–Crippen MR) is 121 cm³/mol. The Morgan fingerprint density at radius 2 is 1.75 bits per heavy atom. The summed E-state index contributed by atoms with van der Waals surface area (Å²) < 4.78 is 10.6. The average Bonchev–Trinajstić information content (AvgIpc) is 3.28. The van der Waals surface area contributed by atoms with Crippen molar-refractivity contribution in [3.8, 4) is 11.5 Å². The van der Waals surface area contributed by atoms with E-state index in [9.17, 15) is 9.59 Å². The van der Waals surface area contributed by atoms with Crippen LogP contribution in [-0.4, -0.2) is 35.2 Å². The molecule has 7 heteroatoms. The highest BCUT2D eigenvalue weighted by molar-refractivity contribution is 6.00. The fourth-order valence-electron chi connectivity index (χ4n) is 3.21. The number of amides is 1. The maximum Gasteiger partial charge on any atom is 0.311 e. The maximum absolute atomic E-state index is 13.0. The van der Waals surface area contributed by atoms with E-state index in [1.807, 2.05) is 57.2 Å². The van der Waals surface area contributed by atoms with E-state index in [4.69, 9.17) is 9.26 Å². The smallest absolute Gasteiger partial charge is 0.311 e. The van der Waals surface area contributed by atoms with E-state index in [-0.39, 0.29) is 36.3 Å². The molecule has 1 N–H and O–H groups in total. The molecular weight excluding hydrogens is 406 g/mol. The Balaban J connectivity index is 1.77. The van der Waals surface area contributed by atoms with E-state index >= 15 is 0 Å². The van der Waals surface area contributed by atoms with Gasteiger partial charge in [-0.15, -0.1) is 0 Å². The van der Waals surface area contributed by atoms with E-state index in [0.717, 1.165) is 5.56 Å². The monoisotopic (exact) mass is 435 g/mol. The van der Waals surface area contributed by atoms with Crippen LogP contribution in [0.25, 0.3) is 11.5 Å². The molecule has 168 valence electrons. The molecule has 32 heavy (non-hydrogen) atoms. The number of rotatable bonds is 8. The van der Waals surface area contributed by atoms with Gasteiger partial charge in [-0.1, -0.05) is 68.4 Å². The molecule has 0 fully saturated rings. The Bertz CT molecular complexity index is 1050. The summed E-state index contributed by atoms with van der Waals surface area (Å²) in [5.41, 5.74) is 1.67. The molecule has 0 spiro atoms. The minimum Gasteiger partial charge on any atom is -0.466 e. The Kier molecular flexibility index (Phi) is 7.41. The number of hydrogen-bond acceptors (Lipinski definition) is 6. The summed E-state index contributed by atoms with van der Waals surface area (Å²) in [6.07, 6.45) is 0.472. The largest absolute Gasteiger partial charge is 0.466 e. The van der Waals surface area contributed by atoms with Crippen LogP contribution in [0.4, 0.5) is 0 Å². The van der Waals surface area contributed by atoms with Crippen molar-refractivity contribution in [3.63, 3.8) is 0 Å². The van der Waals surface area contributed by atoms with Crippen molar-refractivity contribution >= 4 is 11.9 Å². The number of carbonyl (C=O) groups is 2. The van der Waals surface area contributed by atoms with Gasteiger partial charge in [0.2, 0.25) is 0 Å². The molecule has 1 aromatic heterocycles. The lowest BCUT2D eigenvalue weighted by Gasteiger charge is -2.17. The van der Waals surface area contributed by atoms with Crippen molar-refractivity contribution in [1.82, 2.24) is 15.5 Å². The molecule has 3 aromatic rings. The number of nitrogens with zero attached hydrogens (tertiary/aromatic N) is 2. The van der Waals surface area contributed by atoms with E-state index in [0.29, 0.717) is 23.4 Å². The lowest BCUT2D eigenvalue weighted by molar-refractivity contribution is -0.147. The molecule has 2 aromatic carbocycles. The van der Waals surface area contributed by atoms with Crippen LogP contribution in [-0.2, 0) is 21.4 Å². The summed E-state index contributed by atoms with van der Waals surface area (Å²) in [7, 11) is 0. The summed E-state index contributed by atoms with van der Waals surface area (Å²) in [4.78, 5) is 30.0. The van der Waals surface area contributed by atoms with E-state index < -0.39 is 5.92 Å². The van der Waals surface area contributed by atoms with Gasteiger partial charge in [0.15, 0.2) is 5.82 Å². The average molecular weight is 436 g/mol. The molecule has 0 saturated heterocycles. The van der Waals surface area contributed by atoms with Crippen LogP contribution in [0.5, 0.6) is 0 Å². The summed E-state index contributed by atoms with van der Waals surface area (Å²) in [6.45, 7) is 8.17. The van der Waals surface area contributed by atoms with Gasteiger partial charge in [0.25, 0.3) is 11.8 Å². The van der Waals surface area contributed by atoms with Gasteiger partial charge in [-0.2, -0.15) is 4.98 Å². The molecule has 1 heterocycles. The minimum absolute atomic E-state index is 0.151. The second kappa shape index (κ2) is 10.2. The van der Waals surface area contributed by atoms with Gasteiger partial charge >= 0.3 is 5.97 Å².